The Balaban J connectivity index is 2.03. The van der Waals surface area contributed by atoms with Crippen molar-refractivity contribution in [1.29, 1.82) is 0 Å². The summed E-state index contributed by atoms with van der Waals surface area (Å²) in [5, 5.41) is 7.50. The van der Waals surface area contributed by atoms with Crippen molar-refractivity contribution < 1.29 is 4.63 Å². The molecule has 3 aromatic rings. The molecule has 2 aromatic heterocycles. The van der Waals surface area contributed by atoms with Gasteiger partial charge in [0.05, 0.1) is 5.69 Å². The van der Waals surface area contributed by atoms with E-state index in [1.54, 1.807) is 0 Å². The van der Waals surface area contributed by atoms with Gasteiger partial charge in [-0.25, -0.2) is 9.61 Å². The molecule has 0 atom stereocenters. The molecule has 0 aliphatic carbocycles. The second kappa shape index (κ2) is 4.67. The van der Waals surface area contributed by atoms with E-state index in [-0.39, 0.29) is 0 Å². The molecule has 0 radical (unpaired) electrons. The minimum atomic E-state index is 0.437. The molecule has 3 rings (SSSR count). The van der Waals surface area contributed by atoms with Crippen molar-refractivity contribution in [3.8, 4) is 12.3 Å². The number of nitrogens with two attached hydrogens (primary N) is 1. The third kappa shape index (κ3) is 1.97. The van der Waals surface area contributed by atoms with E-state index in [1.165, 1.54) is 0 Å². The maximum atomic E-state index is 6.13. The van der Waals surface area contributed by atoms with Crippen molar-refractivity contribution in [2.24, 2.45) is 0 Å². The van der Waals surface area contributed by atoms with Crippen LogP contribution in [-0.4, -0.2) is 15.3 Å². The van der Waals surface area contributed by atoms with Crippen LogP contribution in [0.1, 0.15) is 22.4 Å². The SMILES string of the molecule is C#Cc1ccc(Cc2c(C)nc3nonc3c2N)cc1. The predicted molar refractivity (Wildman–Crippen MR) is 75.9 cm³/mol. The van der Waals surface area contributed by atoms with Crippen molar-refractivity contribution in [2.45, 2.75) is 13.3 Å². The summed E-state index contributed by atoms with van der Waals surface area (Å²) >= 11 is 0. The molecule has 1 aromatic carbocycles. The molecule has 5 heteroatoms. The fourth-order valence-corrected chi connectivity index (χ4v) is 2.14. The second-order valence-corrected chi connectivity index (χ2v) is 4.54. The van der Waals surface area contributed by atoms with Crippen LogP contribution in [0.25, 0.3) is 11.2 Å². The Kier molecular flexibility index (Phi) is 2.84. The Morgan fingerprint density at radius 1 is 1.25 bits per heavy atom. The molecule has 0 fully saturated rings. The van der Waals surface area contributed by atoms with Gasteiger partial charge in [-0.1, -0.05) is 18.1 Å². The Morgan fingerprint density at radius 2 is 2.00 bits per heavy atom. The average Bonchev–Trinajstić information content (AvgIpc) is 2.92. The molecule has 0 unspecified atom stereocenters. The zero-order valence-electron chi connectivity index (χ0n) is 10.9. The highest BCUT2D eigenvalue weighted by atomic mass is 16.6. The predicted octanol–water partition coefficient (Wildman–Crippen LogP) is 2.08. The maximum Gasteiger partial charge on any atom is 0.226 e. The van der Waals surface area contributed by atoms with E-state index in [0.717, 1.165) is 22.4 Å². The average molecular weight is 264 g/mol. The first-order valence-corrected chi connectivity index (χ1v) is 6.12. The number of aromatic nitrogens is 3. The van der Waals surface area contributed by atoms with Crippen LogP contribution in [0.5, 0.6) is 0 Å². The molecule has 20 heavy (non-hydrogen) atoms. The van der Waals surface area contributed by atoms with Crippen LogP contribution in [-0.2, 0) is 6.42 Å². The third-order valence-electron chi connectivity index (χ3n) is 3.26. The fourth-order valence-electron chi connectivity index (χ4n) is 2.14. The number of nitrogen functional groups attached to an aromatic ring is 1. The number of rotatable bonds is 2. The number of hydrogen-bond donors (Lipinski definition) is 1. The lowest BCUT2D eigenvalue weighted by Crippen LogP contribution is -2.02. The first-order chi connectivity index (χ1) is 9.69. The van der Waals surface area contributed by atoms with E-state index >= 15 is 0 Å². The van der Waals surface area contributed by atoms with Crippen LogP contribution >= 0.6 is 0 Å². The fraction of sp³-hybridized carbons (Fsp3) is 0.133. The molecular formula is C15H12N4O. The number of benzene rings is 1. The third-order valence-corrected chi connectivity index (χ3v) is 3.26. The summed E-state index contributed by atoms with van der Waals surface area (Å²) in [5.41, 5.74) is 11.4. The number of pyridine rings is 1. The van der Waals surface area contributed by atoms with E-state index in [4.69, 9.17) is 12.2 Å². The van der Waals surface area contributed by atoms with Crippen molar-refractivity contribution >= 4 is 16.9 Å². The summed E-state index contributed by atoms with van der Waals surface area (Å²) in [4.78, 5) is 4.35. The molecular weight excluding hydrogens is 252 g/mol. The lowest BCUT2D eigenvalue weighted by Gasteiger charge is -2.08. The highest BCUT2D eigenvalue weighted by Crippen LogP contribution is 2.25. The van der Waals surface area contributed by atoms with E-state index in [1.807, 2.05) is 31.2 Å². The molecule has 0 saturated heterocycles. The largest absolute Gasteiger partial charge is 0.396 e. The van der Waals surface area contributed by atoms with Gasteiger partial charge in [-0.05, 0) is 34.9 Å². The highest BCUT2D eigenvalue weighted by molar-refractivity contribution is 5.85. The topological polar surface area (TPSA) is 77.8 Å². The summed E-state index contributed by atoms with van der Waals surface area (Å²) in [6, 6.07) is 7.79. The van der Waals surface area contributed by atoms with Crippen molar-refractivity contribution in [1.82, 2.24) is 15.3 Å². The van der Waals surface area contributed by atoms with Crippen LogP contribution in [0.2, 0.25) is 0 Å². The molecule has 0 spiro atoms. The normalized spacial score (nSPS) is 10.6. The summed E-state index contributed by atoms with van der Waals surface area (Å²) < 4.78 is 4.67. The smallest absolute Gasteiger partial charge is 0.226 e. The van der Waals surface area contributed by atoms with Gasteiger partial charge in [0, 0.05) is 23.2 Å². The number of fused-ring (bicyclic) bond motifs is 1. The van der Waals surface area contributed by atoms with Gasteiger partial charge in [0.15, 0.2) is 5.52 Å². The maximum absolute atomic E-state index is 6.13. The standard InChI is InChI=1S/C15H12N4O/c1-3-10-4-6-11(7-5-10)8-12-9(2)17-15-14(13(12)16)18-20-19-15/h1,4-7H,8,16H2,2H3. The summed E-state index contributed by atoms with van der Waals surface area (Å²) in [6.45, 7) is 1.90. The monoisotopic (exact) mass is 264 g/mol. The summed E-state index contributed by atoms with van der Waals surface area (Å²) in [6.07, 6.45) is 6.01. The Hall–Kier alpha value is -2.87. The minimum absolute atomic E-state index is 0.437. The zero-order chi connectivity index (χ0) is 14.1. The first kappa shape index (κ1) is 12.2. The van der Waals surface area contributed by atoms with Gasteiger partial charge >= 0.3 is 0 Å². The first-order valence-electron chi connectivity index (χ1n) is 6.12. The Labute approximate surface area is 115 Å². The van der Waals surface area contributed by atoms with Gasteiger partial charge in [0.1, 0.15) is 0 Å². The summed E-state index contributed by atoms with van der Waals surface area (Å²) in [7, 11) is 0. The van der Waals surface area contributed by atoms with Gasteiger partial charge in [-0.2, -0.15) is 0 Å². The minimum Gasteiger partial charge on any atom is -0.396 e. The molecule has 0 saturated carbocycles. The Bertz CT molecular complexity index is 812. The van der Waals surface area contributed by atoms with Gasteiger partial charge in [-0.15, -0.1) is 6.42 Å². The van der Waals surface area contributed by atoms with Crippen molar-refractivity contribution in [3.05, 3.63) is 46.6 Å². The zero-order valence-corrected chi connectivity index (χ0v) is 10.9. The highest BCUT2D eigenvalue weighted by Gasteiger charge is 2.14. The van der Waals surface area contributed by atoms with Gasteiger partial charge in [0.25, 0.3) is 0 Å². The van der Waals surface area contributed by atoms with Gasteiger partial charge in [0.2, 0.25) is 5.65 Å². The number of aryl methyl sites for hydroxylation is 1. The molecule has 0 aliphatic rings. The van der Waals surface area contributed by atoms with E-state index in [9.17, 15) is 0 Å². The lowest BCUT2D eigenvalue weighted by atomic mass is 10.0. The summed E-state index contributed by atoms with van der Waals surface area (Å²) in [5.74, 6) is 2.59. The van der Waals surface area contributed by atoms with E-state index in [2.05, 4.69) is 25.8 Å². The van der Waals surface area contributed by atoms with Crippen LogP contribution in [0.3, 0.4) is 0 Å². The van der Waals surface area contributed by atoms with Crippen molar-refractivity contribution in [2.75, 3.05) is 5.73 Å². The van der Waals surface area contributed by atoms with Gasteiger partial charge in [-0.3, -0.25) is 0 Å². The molecule has 0 amide bonds. The molecule has 0 aliphatic heterocycles. The van der Waals surface area contributed by atoms with Crippen LogP contribution in [0.15, 0.2) is 28.9 Å². The molecule has 2 N–H and O–H groups in total. The number of terminal acetylenes is 1. The number of nitrogens with zero attached hydrogens (tertiary/aromatic N) is 3. The molecule has 0 bridgehead atoms. The molecule has 98 valence electrons. The van der Waals surface area contributed by atoms with E-state index < -0.39 is 0 Å². The molecule has 5 nitrogen and oxygen atoms in total. The number of hydrogen-bond acceptors (Lipinski definition) is 5. The van der Waals surface area contributed by atoms with Crippen LogP contribution in [0, 0.1) is 19.3 Å². The quantitative estimate of drug-likeness (QED) is 0.717. The second-order valence-electron chi connectivity index (χ2n) is 4.54. The number of anilines is 1. The van der Waals surface area contributed by atoms with Crippen LogP contribution in [0.4, 0.5) is 5.69 Å². The molecule has 2 heterocycles. The van der Waals surface area contributed by atoms with E-state index in [0.29, 0.717) is 23.3 Å². The van der Waals surface area contributed by atoms with Gasteiger partial charge < -0.3 is 5.73 Å². The Morgan fingerprint density at radius 3 is 2.70 bits per heavy atom. The lowest BCUT2D eigenvalue weighted by molar-refractivity contribution is 0.315. The van der Waals surface area contributed by atoms with Crippen LogP contribution < -0.4 is 5.73 Å². The van der Waals surface area contributed by atoms with Crippen molar-refractivity contribution in [3.63, 3.8) is 0 Å².